The number of hydrogen-bond acceptors (Lipinski definition) is 3. The maximum atomic E-state index is 12.8. The molecule has 3 N–H and O–H groups in total. The van der Waals surface area contributed by atoms with Crippen molar-refractivity contribution >= 4 is 11.6 Å². The highest BCUT2D eigenvalue weighted by molar-refractivity contribution is 5.87. The van der Waals surface area contributed by atoms with E-state index in [0.717, 1.165) is 5.56 Å². The zero-order valence-electron chi connectivity index (χ0n) is 12.5. The van der Waals surface area contributed by atoms with E-state index < -0.39 is 5.41 Å². The van der Waals surface area contributed by atoms with Crippen molar-refractivity contribution in [2.45, 2.75) is 38.7 Å². The molecule has 0 spiro atoms. The molecule has 1 aromatic carbocycles. The van der Waals surface area contributed by atoms with Crippen molar-refractivity contribution in [1.29, 1.82) is 0 Å². The number of hydrogen-bond donors (Lipinski definition) is 2. The van der Waals surface area contributed by atoms with Crippen LogP contribution in [0.25, 0.3) is 0 Å². The molecule has 1 aliphatic rings. The molecule has 1 aromatic rings. The Morgan fingerprint density at radius 3 is 2.50 bits per heavy atom. The van der Waals surface area contributed by atoms with Crippen LogP contribution in [-0.4, -0.2) is 35.1 Å². The summed E-state index contributed by atoms with van der Waals surface area (Å²) in [5.41, 5.74) is 6.79. The second-order valence-electron chi connectivity index (χ2n) is 6.33. The third kappa shape index (κ3) is 2.80. The molecule has 2 rings (SSSR count). The van der Waals surface area contributed by atoms with Crippen molar-refractivity contribution in [3.8, 4) is 0 Å². The van der Waals surface area contributed by atoms with Crippen LogP contribution in [0.2, 0.25) is 0 Å². The third-order valence-corrected chi connectivity index (χ3v) is 4.31. The van der Waals surface area contributed by atoms with E-state index in [1.165, 1.54) is 0 Å². The van der Waals surface area contributed by atoms with Crippen LogP contribution in [0.15, 0.2) is 24.3 Å². The molecule has 2 unspecified atom stereocenters. The highest BCUT2D eigenvalue weighted by atomic mass is 16.3. The third-order valence-electron chi connectivity index (χ3n) is 4.31. The first kappa shape index (κ1) is 14.9. The molecule has 4 heteroatoms. The van der Waals surface area contributed by atoms with Crippen molar-refractivity contribution in [2.24, 2.45) is 5.92 Å². The predicted octanol–water partition coefficient (Wildman–Crippen LogP) is 1.78. The number of aliphatic hydroxyl groups excluding tert-OH is 1. The Morgan fingerprint density at radius 2 is 1.95 bits per heavy atom. The van der Waals surface area contributed by atoms with Gasteiger partial charge in [-0.05, 0) is 43.9 Å². The second kappa shape index (κ2) is 5.44. The first-order valence-electron chi connectivity index (χ1n) is 7.16. The number of carbonyl (C=O) groups is 1. The average Bonchev–Trinajstić information content (AvgIpc) is 2.41. The van der Waals surface area contributed by atoms with Gasteiger partial charge in [0.15, 0.2) is 0 Å². The molecule has 0 saturated carbocycles. The fraction of sp³-hybridized carbons (Fsp3) is 0.562. The van der Waals surface area contributed by atoms with Gasteiger partial charge in [-0.1, -0.05) is 19.1 Å². The van der Waals surface area contributed by atoms with Gasteiger partial charge in [0.25, 0.3) is 0 Å². The molecule has 0 aromatic heterocycles. The molecule has 1 heterocycles. The van der Waals surface area contributed by atoms with Crippen LogP contribution in [0.4, 0.5) is 5.69 Å². The molecule has 4 nitrogen and oxygen atoms in total. The van der Waals surface area contributed by atoms with Crippen LogP contribution in [0.1, 0.15) is 32.8 Å². The smallest absolute Gasteiger partial charge is 0.232 e. The van der Waals surface area contributed by atoms with Gasteiger partial charge in [-0.2, -0.15) is 0 Å². The van der Waals surface area contributed by atoms with Gasteiger partial charge >= 0.3 is 0 Å². The van der Waals surface area contributed by atoms with E-state index in [0.29, 0.717) is 25.2 Å². The van der Waals surface area contributed by atoms with Crippen molar-refractivity contribution in [3.05, 3.63) is 29.8 Å². The lowest BCUT2D eigenvalue weighted by atomic mass is 9.82. The number of nitrogen functional groups attached to an aromatic ring is 1. The molecule has 110 valence electrons. The van der Waals surface area contributed by atoms with Gasteiger partial charge in [0.2, 0.25) is 5.91 Å². The number of carbonyl (C=O) groups excluding carboxylic acids is 1. The Bertz CT molecular complexity index is 482. The number of likely N-dealkylation sites (tertiary alicyclic amines) is 1. The van der Waals surface area contributed by atoms with E-state index in [2.05, 4.69) is 0 Å². The van der Waals surface area contributed by atoms with Gasteiger partial charge in [-0.3, -0.25) is 4.79 Å². The minimum Gasteiger partial charge on any atom is -0.399 e. The van der Waals surface area contributed by atoms with Crippen LogP contribution >= 0.6 is 0 Å². The first-order chi connectivity index (χ1) is 9.32. The molecular weight excluding hydrogens is 252 g/mol. The molecule has 2 atom stereocenters. The molecule has 0 bridgehead atoms. The van der Waals surface area contributed by atoms with Crippen molar-refractivity contribution in [2.75, 3.05) is 18.8 Å². The normalized spacial score (nSPS) is 23.7. The summed E-state index contributed by atoms with van der Waals surface area (Å²) in [6.45, 7) is 7.12. The standard InChI is InChI=1S/C16H24N2O2/c1-11-10-18(9-8-14(11)19)15(20)16(2,3)12-4-6-13(17)7-5-12/h4-7,11,14,19H,8-10,17H2,1-3H3. The molecule has 0 aliphatic carbocycles. The second-order valence-corrected chi connectivity index (χ2v) is 6.33. The van der Waals surface area contributed by atoms with E-state index in [-0.39, 0.29) is 17.9 Å². The number of anilines is 1. The number of aliphatic hydroxyl groups is 1. The summed E-state index contributed by atoms with van der Waals surface area (Å²) in [5, 5.41) is 9.78. The zero-order chi connectivity index (χ0) is 14.9. The van der Waals surface area contributed by atoms with Gasteiger partial charge in [0.1, 0.15) is 0 Å². The molecule has 1 amide bonds. The van der Waals surface area contributed by atoms with Crippen molar-refractivity contribution in [1.82, 2.24) is 4.90 Å². The van der Waals surface area contributed by atoms with E-state index in [9.17, 15) is 9.90 Å². The van der Waals surface area contributed by atoms with E-state index in [4.69, 9.17) is 5.73 Å². The number of nitrogens with zero attached hydrogens (tertiary/aromatic N) is 1. The average molecular weight is 276 g/mol. The Labute approximate surface area is 120 Å². The molecule has 20 heavy (non-hydrogen) atoms. The topological polar surface area (TPSA) is 66.6 Å². The van der Waals surface area contributed by atoms with Crippen molar-refractivity contribution < 1.29 is 9.90 Å². The summed E-state index contributed by atoms with van der Waals surface area (Å²) in [4.78, 5) is 14.6. The summed E-state index contributed by atoms with van der Waals surface area (Å²) >= 11 is 0. The Balaban J connectivity index is 2.16. The van der Waals surface area contributed by atoms with Crippen LogP contribution in [0.5, 0.6) is 0 Å². The lowest BCUT2D eigenvalue weighted by Gasteiger charge is -2.39. The van der Waals surface area contributed by atoms with Crippen LogP contribution in [0.3, 0.4) is 0 Å². The van der Waals surface area contributed by atoms with Crippen molar-refractivity contribution in [3.63, 3.8) is 0 Å². The maximum absolute atomic E-state index is 12.8. The number of benzene rings is 1. The van der Waals surface area contributed by atoms with Gasteiger partial charge in [0.05, 0.1) is 11.5 Å². The largest absolute Gasteiger partial charge is 0.399 e. The number of nitrogens with two attached hydrogens (primary N) is 1. The first-order valence-corrected chi connectivity index (χ1v) is 7.16. The van der Waals surface area contributed by atoms with E-state index in [1.54, 1.807) is 0 Å². The molecule has 1 aliphatic heterocycles. The molecular formula is C16H24N2O2. The fourth-order valence-corrected chi connectivity index (χ4v) is 2.74. The molecule has 0 radical (unpaired) electrons. The molecule has 1 fully saturated rings. The van der Waals surface area contributed by atoms with Gasteiger partial charge in [-0.15, -0.1) is 0 Å². The van der Waals surface area contributed by atoms with E-state index >= 15 is 0 Å². The summed E-state index contributed by atoms with van der Waals surface area (Å²) in [6, 6.07) is 7.48. The Kier molecular flexibility index (Phi) is 4.04. The minimum absolute atomic E-state index is 0.112. The lowest BCUT2D eigenvalue weighted by Crippen LogP contribution is -2.50. The zero-order valence-corrected chi connectivity index (χ0v) is 12.5. The molecule has 1 saturated heterocycles. The maximum Gasteiger partial charge on any atom is 0.232 e. The Morgan fingerprint density at radius 1 is 1.35 bits per heavy atom. The summed E-state index contributed by atoms with van der Waals surface area (Å²) in [6.07, 6.45) is 0.365. The highest BCUT2D eigenvalue weighted by Crippen LogP contribution is 2.28. The lowest BCUT2D eigenvalue weighted by molar-refractivity contribution is -0.139. The fourth-order valence-electron chi connectivity index (χ4n) is 2.74. The summed E-state index contributed by atoms with van der Waals surface area (Å²) < 4.78 is 0. The predicted molar refractivity (Wildman–Crippen MR) is 80.2 cm³/mol. The van der Waals surface area contributed by atoms with Crippen LogP contribution < -0.4 is 5.73 Å². The quantitative estimate of drug-likeness (QED) is 0.809. The summed E-state index contributed by atoms with van der Waals surface area (Å²) in [5.74, 6) is 0.246. The highest BCUT2D eigenvalue weighted by Gasteiger charge is 2.36. The van der Waals surface area contributed by atoms with E-state index in [1.807, 2.05) is 49.9 Å². The monoisotopic (exact) mass is 276 g/mol. The van der Waals surface area contributed by atoms with Crippen LogP contribution in [0, 0.1) is 5.92 Å². The van der Waals surface area contributed by atoms with Gasteiger partial charge in [0, 0.05) is 18.8 Å². The SMILES string of the molecule is CC1CN(C(=O)C(C)(C)c2ccc(N)cc2)CCC1O. The van der Waals surface area contributed by atoms with Crippen LogP contribution in [-0.2, 0) is 10.2 Å². The number of rotatable bonds is 2. The van der Waals surface area contributed by atoms with Gasteiger partial charge in [-0.25, -0.2) is 0 Å². The minimum atomic E-state index is -0.574. The summed E-state index contributed by atoms with van der Waals surface area (Å²) in [7, 11) is 0. The Hall–Kier alpha value is -1.55. The number of amides is 1. The van der Waals surface area contributed by atoms with Gasteiger partial charge < -0.3 is 15.7 Å². The number of piperidine rings is 1.